The molecule has 0 spiro atoms. The number of carboxylic acids is 1. The maximum Gasteiger partial charge on any atom is 0.307 e. The summed E-state index contributed by atoms with van der Waals surface area (Å²) in [6, 6.07) is 18.5. The van der Waals surface area contributed by atoms with Gasteiger partial charge in [-0.1, -0.05) is 42.5 Å². The van der Waals surface area contributed by atoms with E-state index in [1.165, 1.54) is 6.20 Å². The predicted molar refractivity (Wildman–Crippen MR) is 93.2 cm³/mol. The number of hydrogen-bond acceptors (Lipinski definition) is 5. The zero-order valence-corrected chi connectivity index (χ0v) is 13.2. The third-order valence-electron chi connectivity index (χ3n) is 3.52. The van der Waals surface area contributed by atoms with Crippen LogP contribution in [0.25, 0.3) is 11.3 Å². The average molecular weight is 330 g/mol. The third kappa shape index (κ3) is 3.98. The summed E-state index contributed by atoms with van der Waals surface area (Å²) in [7, 11) is 0. The Morgan fingerprint density at radius 2 is 1.84 bits per heavy atom. The molecule has 0 fully saturated rings. The lowest BCUT2D eigenvalue weighted by molar-refractivity contribution is -0.136. The van der Waals surface area contributed by atoms with Gasteiger partial charge >= 0.3 is 5.97 Å². The monoisotopic (exact) mass is 330 g/mol. The standard InChI is InChI=1S/C19H14N4O2/c20-11-15-12-21-19(23-18(15)14-4-2-1-3-5-14)22-16-8-6-13(7-9-16)10-17(24)25/h1-9,12H,10H2,(H,24,25)(H,21,22,23). The van der Waals surface area contributed by atoms with E-state index in [1.807, 2.05) is 30.3 Å². The molecule has 0 radical (unpaired) electrons. The summed E-state index contributed by atoms with van der Waals surface area (Å²) in [5, 5.41) is 21.1. The summed E-state index contributed by atoms with van der Waals surface area (Å²) in [6.45, 7) is 0. The fourth-order valence-corrected chi connectivity index (χ4v) is 2.35. The molecule has 0 unspecified atom stereocenters. The van der Waals surface area contributed by atoms with Crippen LogP contribution in [-0.2, 0) is 11.2 Å². The predicted octanol–water partition coefficient (Wildman–Crippen LogP) is 3.39. The van der Waals surface area contributed by atoms with Crippen LogP contribution in [0.3, 0.4) is 0 Å². The number of rotatable bonds is 5. The number of benzene rings is 2. The molecule has 0 saturated carbocycles. The van der Waals surface area contributed by atoms with Gasteiger partial charge in [-0.25, -0.2) is 9.97 Å². The van der Waals surface area contributed by atoms with Gasteiger partial charge in [0.15, 0.2) is 0 Å². The minimum atomic E-state index is -0.872. The molecule has 0 amide bonds. The molecule has 25 heavy (non-hydrogen) atoms. The largest absolute Gasteiger partial charge is 0.481 e. The van der Waals surface area contributed by atoms with Gasteiger partial charge in [0.05, 0.1) is 23.9 Å². The summed E-state index contributed by atoms with van der Waals surface area (Å²) in [6.07, 6.45) is 1.46. The first-order valence-corrected chi connectivity index (χ1v) is 7.56. The maximum absolute atomic E-state index is 10.7. The van der Waals surface area contributed by atoms with Gasteiger partial charge in [-0.15, -0.1) is 0 Å². The molecule has 6 heteroatoms. The molecule has 2 aromatic carbocycles. The van der Waals surface area contributed by atoms with Crippen molar-refractivity contribution < 1.29 is 9.90 Å². The Balaban J connectivity index is 1.86. The molecule has 122 valence electrons. The molecule has 0 atom stereocenters. The topological polar surface area (TPSA) is 98.9 Å². The van der Waals surface area contributed by atoms with Crippen LogP contribution in [0.4, 0.5) is 11.6 Å². The SMILES string of the molecule is N#Cc1cnc(Nc2ccc(CC(=O)O)cc2)nc1-c1ccccc1. The van der Waals surface area contributed by atoms with Crippen LogP contribution in [0.1, 0.15) is 11.1 Å². The van der Waals surface area contributed by atoms with Crippen molar-refractivity contribution in [1.29, 1.82) is 5.26 Å². The first-order chi connectivity index (χ1) is 12.2. The number of nitrogens with one attached hydrogen (secondary N) is 1. The Bertz CT molecular complexity index is 932. The minimum absolute atomic E-state index is 0.0220. The second-order valence-corrected chi connectivity index (χ2v) is 5.33. The van der Waals surface area contributed by atoms with E-state index in [2.05, 4.69) is 21.4 Å². The number of aromatic nitrogens is 2. The second kappa shape index (κ2) is 7.23. The third-order valence-corrected chi connectivity index (χ3v) is 3.52. The van der Waals surface area contributed by atoms with Crippen molar-refractivity contribution in [3.8, 4) is 17.3 Å². The van der Waals surface area contributed by atoms with Crippen LogP contribution in [0, 0.1) is 11.3 Å². The smallest absolute Gasteiger partial charge is 0.307 e. The molecule has 1 aromatic heterocycles. The highest BCUT2D eigenvalue weighted by Crippen LogP contribution is 2.23. The van der Waals surface area contributed by atoms with Crippen LogP contribution >= 0.6 is 0 Å². The number of carbonyl (C=O) groups is 1. The fraction of sp³-hybridized carbons (Fsp3) is 0.0526. The zero-order valence-electron chi connectivity index (χ0n) is 13.2. The van der Waals surface area contributed by atoms with Gasteiger partial charge < -0.3 is 10.4 Å². The van der Waals surface area contributed by atoms with Crippen molar-refractivity contribution in [2.24, 2.45) is 0 Å². The van der Waals surface area contributed by atoms with Crippen molar-refractivity contribution in [3.05, 3.63) is 71.9 Å². The lowest BCUT2D eigenvalue weighted by Gasteiger charge is -2.08. The van der Waals surface area contributed by atoms with E-state index >= 15 is 0 Å². The average Bonchev–Trinajstić information content (AvgIpc) is 2.63. The van der Waals surface area contributed by atoms with Crippen LogP contribution < -0.4 is 5.32 Å². The van der Waals surface area contributed by atoms with Crippen molar-refractivity contribution in [3.63, 3.8) is 0 Å². The van der Waals surface area contributed by atoms with E-state index in [0.717, 1.165) is 11.3 Å². The molecule has 1 heterocycles. The Labute approximate surface area is 144 Å². The highest BCUT2D eigenvalue weighted by molar-refractivity contribution is 5.71. The van der Waals surface area contributed by atoms with Crippen molar-refractivity contribution >= 4 is 17.6 Å². The summed E-state index contributed by atoms with van der Waals surface area (Å²) < 4.78 is 0. The van der Waals surface area contributed by atoms with Crippen LogP contribution in [0.2, 0.25) is 0 Å². The van der Waals surface area contributed by atoms with Crippen molar-refractivity contribution in [1.82, 2.24) is 9.97 Å². The Morgan fingerprint density at radius 3 is 2.48 bits per heavy atom. The Kier molecular flexibility index (Phi) is 4.67. The van der Waals surface area contributed by atoms with E-state index < -0.39 is 5.97 Å². The number of nitrogens with zero attached hydrogens (tertiary/aromatic N) is 3. The highest BCUT2D eigenvalue weighted by Gasteiger charge is 2.09. The Hall–Kier alpha value is -3.72. The molecule has 2 N–H and O–H groups in total. The second-order valence-electron chi connectivity index (χ2n) is 5.33. The number of carboxylic acid groups (broad SMARTS) is 1. The molecular weight excluding hydrogens is 316 g/mol. The summed E-state index contributed by atoms with van der Waals surface area (Å²) in [4.78, 5) is 19.3. The van der Waals surface area contributed by atoms with E-state index in [1.54, 1.807) is 24.3 Å². The first-order valence-electron chi connectivity index (χ1n) is 7.56. The number of aliphatic carboxylic acids is 1. The molecule has 3 aromatic rings. The van der Waals surface area contributed by atoms with Gasteiger partial charge in [0.1, 0.15) is 6.07 Å². The van der Waals surface area contributed by atoms with E-state index in [-0.39, 0.29) is 6.42 Å². The van der Waals surface area contributed by atoms with Gasteiger partial charge in [0, 0.05) is 11.3 Å². The molecule has 6 nitrogen and oxygen atoms in total. The number of hydrogen-bond donors (Lipinski definition) is 2. The van der Waals surface area contributed by atoms with Crippen LogP contribution in [-0.4, -0.2) is 21.0 Å². The summed E-state index contributed by atoms with van der Waals surface area (Å²) in [5.74, 6) is -0.507. The van der Waals surface area contributed by atoms with E-state index in [9.17, 15) is 10.1 Å². The van der Waals surface area contributed by atoms with Gasteiger partial charge in [0.2, 0.25) is 5.95 Å². The molecular formula is C19H14N4O2. The van der Waals surface area contributed by atoms with E-state index in [4.69, 9.17) is 5.11 Å². The first kappa shape index (κ1) is 16.1. The molecule has 0 saturated heterocycles. The van der Waals surface area contributed by atoms with Crippen molar-refractivity contribution in [2.45, 2.75) is 6.42 Å². The lowest BCUT2D eigenvalue weighted by atomic mass is 10.1. The normalized spacial score (nSPS) is 10.0. The van der Waals surface area contributed by atoms with Gasteiger partial charge in [-0.05, 0) is 17.7 Å². The van der Waals surface area contributed by atoms with Crippen LogP contribution in [0.5, 0.6) is 0 Å². The van der Waals surface area contributed by atoms with Gasteiger partial charge in [-0.3, -0.25) is 4.79 Å². The quantitative estimate of drug-likeness (QED) is 0.744. The number of nitriles is 1. The molecule has 0 bridgehead atoms. The van der Waals surface area contributed by atoms with Gasteiger partial charge in [-0.2, -0.15) is 5.26 Å². The summed E-state index contributed by atoms with van der Waals surface area (Å²) >= 11 is 0. The molecule has 0 aliphatic heterocycles. The maximum atomic E-state index is 10.7. The highest BCUT2D eigenvalue weighted by atomic mass is 16.4. The van der Waals surface area contributed by atoms with E-state index in [0.29, 0.717) is 22.8 Å². The van der Waals surface area contributed by atoms with Crippen LogP contribution in [0.15, 0.2) is 60.8 Å². The molecule has 0 aliphatic carbocycles. The fourth-order valence-electron chi connectivity index (χ4n) is 2.35. The summed E-state index contributed by atoms with van der Waals surface area (Å²) in [5.41, 5.74) is 3.24. The lowest BCUT2D eigenvalue weighted by Crippen LogP contribution is -2.02. The molecule has 3 rings (SSSR count). The minimum Gasteiger partial charge on any atom is -0.481 e. The van der Waals surface area contributed by atoms with Gasteiger partial charge in [0.25, 0.3) is 0 Å². The molecule has 0 aliphatic rings. The Morgan fingerprint density at radius 1 is 1.12 bits per heavy atom. The number of anilines is 2. The van der Waals surface area contributed by atoms with Crippen molar-refractivity contribution in [2.75, 3.05) is 5.32 Å². The zero-order chi connectivity index (χ0) is 17.6.